The highest BCUT2D eigenvalue weighted by Crippen LogP contribution is 2.25. The fourth-order valence-electron chi connectivity index (χ4n) is 3.43. The number of amides is 2. The quantitative estimate of drug-likeness (QED) is 0.656. The molecular formula is C22H22N4O4. The molecule has 3 aromatic rings. The average Bonchev–Trinajstić information content (AvgIpc) is 3.41. The molecule has 0 bridgehead atoms. The van der Waals surface area contributed by atoms with Crippen LogP contribution in [0.1, 0.15) is 16.9 Å². The lowest BCUT2D eigenvalue weighted by Gasteiger charge is -2.17. The molecule has 2 heterocycles. The van der Waals surface area contributed by atoms with Gasteiger partial charge in [0.05, 0.1) is 26.0 Å². The lowest BCUT2D eigenvalue weighted by atomic mass is 10.1. The van der Waals surface area contributed by atoms with Crippen LogP contribution in [0.2, 0.25) is 0 Å². The Morgan fingerprint density at radius 2 is 1.70 bits per heavy atom. The summed E-state index contributed by atoms with van der Waals surface area (Å²) in [6, 6.07) is 16.1. The minimum atomic E-state index is -0.295. The van der Waals surface area contributed by atoms with Crippen LogP contribution in [-0.4, -0.2) is 48.8 Å². The normalized spacial score (nSPS) is 15.9. The molecular weight excluding hydrogens is 384 g/mol. The Hall–Kier alpha value is -3.81. The Labute approximate surface area is 173 Å². The van der Waals surface area contributed by atoms with Gasteiger partial charge in [-0.3, -0.25) is 14.7 Å². The summed E-state index contributed by atoms with van der Waals surface area (Å²) in [4.78, 5) is 26.7. The highest BCUT2D eigenvalue weighted by Gasteiger charge is 2.32. The number of carbonyl (C=O) groups excluding carboxylic acids is 2. The zero-order valence-electron chi connectivity index (χ0n) is 16.7. The van der Waals surface area contributed by atoms with E-state index in [9.17, 15) is 9.59 Å². The molecule has 0 saturated carbocycles. The second-order valence-corrected chi connectivity index (χ2v) is 6.97. The maximum atomic E-state index is 12.6. The summed E-state index contributed by atoms with van der Waals surface area (Å²) in [6.07, 6.45) is 0.247. The molecule has 0 spiro atoms. The second-order valence-electron chi connectivity index (χ2n) is 6.97. The molecule has 2 N–H and O–H groups in total. The summed E-state index contributed by atoms with van der Waals surface area (Å²) in [5.74, 6) is 1.15. The molecule has 1 unspecified atom stereocenters. The highest BCUT2D eigenvalue weighted by atomic mass is 16.5. The van der Waals surface area contributed by atoms with Gasteiger partial charge >= 0.3 is 0 Å². The van der Waals surface area contributed by atoms with E-state index in [4.69, 9.17) is 9.47 Å². The first-order valence-electron chi connectivity index (χ1n) is 9.52. The SMILES string of the molecule is COc1ccc(-c2cc(C(=O)NC3CC(=O)N(c4ccc(OC)cc4)C3)[nH]n2)cc1. The van der Waals surface area contributed by atoms with E-state index in [1.54, 1.807) is 37.3 Å². The minimum absolute atomic E-state index is 0.0333. The molecule has 154 valence electrons. The lowest BCUT2D eigenvalue weighted by molar-refractivity contribution is -0.117. The number of hydrogen-bond acceptors (Lipinski definition) is 5. The number of rotatable bonds is 6. The largest absolute Gasteiger partial charge is 0.497 e. The Morgan fingerprint density at radius 3 is 2.33 bits per heavy atom. The molecule has 1 fully saturated rings. The topological polar surface area (TPSA) is 96.5 Å². The molecule has 8 nitrogen and oxygen atoms in total. The van der Waals surface area contributed by atoms with Gasteiger partial charge in [-0.1, -0.05) is 0 Å². The van der Waals surface area contributed by atoms with Crippen LogP contribution in [0, 0.1) is 0 Å². The third kappa shape index (κ3) is 3.98. The molecule has 0 aliphatic carbocycles. The Morgan fingerprint density at radius 1 is 1.07 bits per heavy atom. The summed E-state index contributed by atoms with van der Waals surface area (Å²) >= 11 is 0. The number of aromatic amines is 1. The van der Waals surface area contributed by atoms with Gasteiger partial charge in [-0.05, 0) is 54.6 Å². The molecule has 1 saturated heterocycles. The molecule has 2 aromatic carbocycles. The van der Waals surface area contributed by atoms with Crippen molar-refractivity contribution in [1.82, 2.24) is 15.5 Å². The van der Waals surface area contributed by atoms with Gasteiger partial charge in [-0.15, -0.1) is 0 Å². The number of methoxy groups -OCH3 is 2. The van der Waals surface area contributed by atoms with E-state index in [1.165, 1.54) is 0 Å². The first-order valence-corrected chi connectivity index (χ1v) is 9.52. The standard InChI is InChI=1S/C22H22N4O4/c1-29-17-7-3-14(4-8-17)19-12-20(25-24-19)22(28)23-15-11-21(27)26(13-15)16-5-9-18(30-2)10-6-16/h3-10,12,15H,11,13H2,1-2H3,(H,23,28)(H,24,25). The molecule has 1 atom stereocenters. The van der Waals surface area contributed by atoms with Gasteiger partial charge in [0.2, 0.25) is 5.91 Å². The van der Waals surface area contributed by atoms with Crippen LogP contribution in [0.3, 0.4) is 0 Å². The zero-order chi connectivity index (χ0) is 21.1. The molecule has 30 heavy (non-hydrogen) atoms. The van der Waals surface area contributed by atoms with Gasteiger partial charge in [-0.25, -0.2) is 0 Å². The number of nitrogens with zero attached hydrogens (tertiary/aromatic N) is 2. The van der Waals surface area contributed by atoms with Crippen LogP contribution in [0.4, 0.5) is 5.69 Å². The summed E-state index contributed by atoms with van der Waals surface area (Å²) in [7, 11) is 3.20. The van der Waals surface area contributed by atoms with E-state index in [2.05, 4.69) is 15.5 Å². The van der Waals surface area contributed by atoms with Crippen molar-refractivity contribution in [3.63, 3.8) is 0 Å². The van der Waals surface area contributed by atoms with Crippen LogP contribution in [0.15, 0.2) is 54.6 Å². The third-order valence-electron chi connectivity index (χ3n) is 5.05. The van der Waals surface area contributed by atoms with Crippen LogP contribution in [-0.2, 0) is 4.79 Å². The Balaban J connectivity index is 1.40. The first-order chi connectivity index (χ1) is 14.6. The van der Waals surface area contributed by atoms with Crippen molar-refractivity contribution in [2.75, 3.05) is 25.7 Å². The zero-order valence-corrected chi connectivity index (χ0v) is 16.7. The van der Waals surface area contributed by atoms with Crippen LogP contribution >= 0.6 is 0 Å². The average molecular weight is 406 g/mol. The number of nitrogens with one attached hydrogen (secondary N) is 2. The molecule has 4 rings (SSSR count). The van der Waals surface area contributed by atoms with Crippen LogP contribution in [0.25, 0.3) is 11.3 Å². The molecule has 0 radical (unpaired) electrons. The van der Waals surface area contributed by atoms with Crippen LogP contribution < -0.4 is 19.7 Å². The first kappa shape index (κ1) is 19.5. The van der Waals surface area contributed by atoms with Gasteiger partial charge in [0.25, 0.3) is 5.91 Å². The highest BCUT2D eigenvalue weighted by molar-refractivity contribution is 5.98. The van der Waals surface area contributed by atoms with Gasteiger partial charge in [0.15, 0.2) is 0 Å². The number of hydrogen-bond donors (Lipinski definition) is 2. The van der Waals surface area contributed by atoms with E-state index in [0.717, 1.165) is 22.7 Å². The van der Waals surface area contributed by atoms with Gasteiger partial charge in [0.1, 0.15) is 17.2 Å². The molecule has 1 aromatic heterocycles. The number of aromatic nitrogens is 2. The smallest absolute Gasteiger partial charge is 0.269 e. The number of ether oxygens (including phenoxy) is 2. The molecule has 2 amide bonds. The fourth-order valence-corrected chi connectivity index (χ4v) is 3.43. The van der Waals surface area contributed by atoms with Gasteiger partial charge in [0, 0.05) is 24.2 Å². The van der Waals surface area contributed by atoms with E-state index < -0.39 is 0 Å². The van der Waals surface area contributed by atoms with Crippen molar-refractivity contribution in [3.8, 4) is 22.8 Å². The predicted molar refractivity (Wildman–Crippen MR) is 112 cm³/mol. The monoisotopic (exact) mass is 406 g/mol. The molecule has 8 heteroatoms. The summed E-state index contributed by atoms with van der Waals surface area (Å²) < 4.78 is 10.3. The van der Waals surface area contributed by atoms with Crippen LogP contribution in [0.5, 0.6) is 11.5 Å². The fraction of sp³-hybridized carbons (Fsp3) is 0.227. The van der Waals surface area contributed by atoms with Crippen molar-refractivity contribution in [2.45, 2.75) is 12.5 Å². The minimum Gasteiger partial charge on any atom is -0.497 e. The Kier molecular flexibility index (Phi) is 5.38. The number of anilines is 1. The Bertz CT molecular complexity index is 1040. The van der Waals surface area contributed by atoms with Crippen molar-refractivity contribution in [1.29, 1.82) is 0 Å². The summed E-state index contributed by atoms with van der Waals surface area (Å²) in [6.45, 7) is 0.413. The van der Waals surface area contributed by atoms with Crippen molar-refractivity contribution in [2.24, 2.45) is 0 Å². The van der Waals surface area contributed by atoms with Gasteiger partial charge < -0.3 is 19.7 Å². The predicted octanol–water partition coefficient (Wildman–Crippen LogP) is 2.63. The molecule has 1 aliphatic heterocycles. The summed E-state index contributed by atoms with van der Waals surface area (Å²) in [5.41, 5.74) is 2.65. The third-order valence-corrected chi connectivity index (χ3v) is 5.05. The summed E-state index contributed by atoms with van der Waals surface area (Å²) in [5, 5.41) is 9.90. The van der Waals surface area contributed by atoms with E-state index in [-0.39, 0.29) is 24.3 Å². The number of carbonyl (C=O) groups is 2. The van der Waals surface area contributed by atoms with Crippen molar-refractivity contribution in [3.05, 3.63) is 60.3 Å². The lowest BCUT2D eigenvalue weighted by Crippen LogP contribution is -2.37. The van der Waals surface area contributed by atoms with E-state index in [0.29, 0.717) is 17.9 Å². The van der Waals surface area contributed by atoms with E-state index in [1.807, 2.05) is 36.4 Å². The number of H-pyrrole nitrogens is 1. The van der Waals surface area contributed by atoms with Crippen molar-refractivity contribution >= 4 is 17.5 Å². The molecule has 1 aliphatic rings. The maximum absolute atomic E-state index is 12.6. The maximum Gasteiger partial charge on any atom is 0.269 e. The van der Waals surface area contributed by atoms with E-state index >= 15 is 0 Å². The van der Waals surface area contributed by atoms with Gasteiger partial charge in [-0.2, -0.15) is 5.10 Å². The second kappa shape index (κ2) is 8.28. The number of benzene rings is 2. The van der Waals surface area contributed by atoms with Crippen molar-refractivity contribution < 1.29 is 19.1 Å².